The van der Waals surface area contributed by atoms with E-state index in [0.717, 1.165) is 9.87 Å². The van der Waals surface area contributed by atoms with Crippen LogP contribution < -0.4 is 9.62 Å². The van der Waals surface area contributed by atoms with Gasteiger partial charge in [-0.2, -0.15) is 0 Å². The van der Waals surface area contributed by atoms with Crippen LogP contribution in [0.15, 0.2) is 102 Å². The van der Waals surface area contributed by atoms with E-state index in [4.69, 9.17) is 46.4 Å². The van der Waals surface area contributed by atoms with Gasteiger partial charge in [0.2, 0.25) is 11.8 Å². The monoisotopic (exact) mass is 719 g/mol. The highest BCUT2D eigenvalue weighted by atomic mass is 35.5. The van der Waals surface area contributed by atoms with Gasteiger partial charge in [-0.25, -0.2) is 8.42 Å². The second kappa shape index (κ2) is 16.0. The van der Waals surface area contributed by atoms with Gasteiger partial charge >= 0.3 is 0 Å². The van der Waals surface area contributed by atoms with Gasteiger partial charge in [0.25, 0.3) is 10.0 Å². The maximum absolute atomic E-state index is 14.5. The maximum atomic E-state index is 14.5. The largest absolute Gasteiger partial charge is 0.352 e. The SMILES string of the molecule is CC[C@H](C)NC(=O)[C@H](Cc1ccccc1)N(Cc1ccc(Cl)c(Cl)c1)C(=O)CN(c1cc(Cl)cc(Cl)c1)S(=O)(=O)c1ccccc1. The van der Waals surface area contributed by atoms with Crippen molar-refractivity contribution < 1.29 is 18.0 Å². The number of amides is 2. The summed E-state index contributed by atoms with van der Waals surface area (Å²) in [6, 6.07) is 25.1. The van der Waals surface area contributed by atoms with Crippen LogP contribution in [-0.2, 0) is 32.6 Å². The van der Waals surface area contributed by atoms with Gasteiger partial charge in [0.1, 0.15) is 12.6 Å². The summed E-state index contributed by atoms with van der Waals surface area (Å²) in [5.41, 5.74) is 1.50. The molecule has 0 heterocycles. The van der Waals surface area contributed by atoms with E-state index < -0.39 is 28.5 Å². The fourth-order valence-electron chi connectivity index (χ4n) is 4.76. The van der Waals surface area contributed by atoms with Gasteiger partial charge in [-0.15, -0.1) is 0 Å². The summed E-state index contributed by atoms with van der Waals surface area (Å²) in [7, 11) is -4.30. The molecule has 0 unspecified atom stereocenters. The molecule has 0 spiro atoms. The Bertz CT molecular complexity index is 1760. The number of anilines is 1. The Labute approximate surface area is 290 Å². The lowest BCUT2D eigenvalue weighted by molar-refractivity contribution is -0.140. The third-order valence-corrected chi connectivity index (χ3v) is 10.3. The molecule has 46 heavy (non-hydrogen) atoms. The summed E-state index contributed by atoms with van der Waals surface area (Å²) in [6.45, 7) is 3.10. The zero-order chi connectivity index (χ0) is 33.4. The summed E-state index contributed by atoms with van der Waals surface area (Å²) < 4.78 is 29.1. The van der Waals surface area contributed by atoms with Crippen LogP contribution >= 0.6 is 46.4 Å². The van der Waals surface area contributed by atoms with Crippen molar-refractivity contribution in [2.75, 3.05) is 10.8 Å². The molecule has 0 radical (unpaired) electrons. The quantitative estimate of drug-likeness (QED) is 0.152. The molecule has 0 aliphatic heterocycles. The fourth-order valence-corrected chi connectivity index (χ4v) is 7.02. The number of nitrogens with one attached hydrogen (secondary N) is 1. The van der Waals surface area contributed by atoms with Gasteiger partial charge in [0.05, 0.1) is 20.6 Å². The van der Waals surface area contributed by atoms with E-state index in [-0.39, 0.29) is 50.6 Å². The number of rotatable bonds is 13. The fraction of sp³-hybridized carbons (Fsp3) is 0.235. The van der Waals surface area contributed by atoms with Crippen molar-refractivity contribution in [3.05, 3.63) is 128 Å². The number of sulfonamides is 1. The number of carbonyl (C=O) groups excluding carboxylic acids is 2. The van der Waals surface area contributed by atoms with Gasteiger partial charge < -0.3 is 10.2 Å². The van der Waals surface area contributed by atoms with Crippen molar-refractivity contribution in [3.8, 4) is 0 Å². The molecule has 242 valence electrons. The predicted octanol–water partition coefficient (Wildman–Crippen LogP) is 8.05. The first kappa shape index (κ1) is 35.6. The van der Waals surface area contributed by atoms with Gasteiger partial charge in [0, 0.05) is 29.1 Å². The Kier molecular flexibility index (Phi) is 12.4. The summed E-state index contributed by atoms with van der Waals surface area (Å²) in [5.74, 6) is -1.02. The number of nitrogens with zero attached hydrogens (tertiary/aromatic N) is 2. The molecule has 0 aliphatic rings. The van der Waals surface area contributed by atoms with Gasteiger partial charge in [0.15, 0.2) is 0 Å². The highest BCUT2D eigenvalue weighted by molar-refractivity contribution is 7.92. The van der Waals surface area contributed by atoms with E-state index in [1.807, 2.05) is 44.2 Å². The summed E-state index contributed by atoms with van der Waals surface area (Å²) in [5, 5.41) is 3.98. The predicted molar refractivity (Wildman–Crippen MR) is 186 cm³/mol. The van der Waals surface area contributed by atoms with Crippen LogP contribution in [-0.4, -0.2) is 43.8 Å². The van der Waals surface area contributed by atoms with E-state index in [1.54, 1.807) is 36.4 Å². The topological polar surface area (TPSA) is 86.8 Å². The Morgan fingerprint density at radius 1 is 0.783 bits per heavy atom. The minimum Gasteiger partial charge on any atom is -0.352 e. The molecule has 1 N–H and O–H groups in total. The van der Waals surface area contributed by atoms with Gasteiger partial charge in [-0.3, -0.25) is 13.9 Å². The standard InChI is InChI=1S/C34H33Cl4N3O4S/c1-3-23(2)39-34(43)32(17-24-10-6-4-7-11-24)40(21-25-14-15-30(37)31(38)16-25)33(42)22-41(28-19-26(35)18-27(36)20-28)46(44,45)29-12-8-5-9-13-29/h4-16,18-20,23,32H,3,17,21-22H2,1-2H3,(H,39,43)/t23-,32-/m0/s1. The maximum Gasteiger partial charge on any atom is 0.264 e. The van der Waals surface area contributed by atoms with Crippen LogP contribution in [0.3, 0.4) is 0 Å². The number of carbonyl (C=O) groups is 2. The minimum atomic E-state index is -4.30. The molecule has 2 amide bonds. The van der Waals surface area contributed by atoms with Crippen molar-refractivity contribution in [2.24, 2.45) is 0 Å². The van der Waals surface area contributed by atoms with Crippen LogP contribution in [0.2, 0.25) is 20.1 Å². The van der Waals surface area contributed by atoms with E-state index in [2.05, 4.69) is 5.32 Å². The molecule has 4 rings (SSSR count). The number of hydrogen-bond donors (Lipinski definition) is 1. The number of hydrogen-bond acceptors (Lipinski definition) is 4. The van der Waals surface area contributed by atoms with Gasteiger partial charge in [-0.05, 0) is 66.9 Å². The van der Waals surface area contributed by atoms with E-state index in [9.17, 15) is 18.0 Å². The van der Waals surface area contributed by atoms with Crippen LogP contribution in [0.25, 0.3) is 0 Å². The zero-order valence-electron chi connectivity index (χ0n) is 25.2. The molecular formula is C34H33Cl4N3O4S. The number of halogens is 4. The number of benzene rings is 4. The van der Waals surface area contributed by atoms with Crippen molar-refractivity contribution in [2.45, 2.75) is 50.2 Å². The molecule has 4 aromatic carbocycles. The van der Waals surface area contributed by atoms with E-state index in [1.165, 1.54) is 35.2 Å². The zero-order valence-corrected chi connectivity index (χ0v) is 29.0. The van der Waals surface area contributed by atoms with Crippen LogP contribution in [0.4, 0.5) is 5.69 Å². The van der Waals surface area contributed by atoms with Crippen molar-refractivity contribution >= 4 is 73.9 Å². The Hall–Kier alpha value is -3.27. The first-order chi connectivity index (χ1) is 21.9. The minimum absolute atomic E-state index is 0.0368. The first-order valence-electron chi connectivity index (χ1n) is 14.5. The second-order valence-corrected chi connectivity index (χ2v) is 14.3. The molecule has 2 atom stereocenters. The molecule has 0 saturated heterocycles. The van der Waals surface area contributed by atoms with E-state index >= 15 is 0 Å². The molecule has 12 heteroatoms. The van der Waals surface area contributed by atoms with Crippen LogP contribution in [0.1, 0.15) is 31.4 Å². The van der Waals surface area contributed by atoms with E-state index in [0.29, 0.717) is 17.0 Å². The third kappa shape index (κ3) is 9.17. The lowest BCUT2D eigenvalue weighted by atomic mass is 10.0. The molecule has 4 aromatic rings. The Balaban J connectivity index is 1.84. The normalized spacial score (nSPS) is 12.7. The summed E-state index contributed by atoms with van der Waals surface area (Å²) in [6.07, 6.45) is 0.841. The highest BCUT2D eigenvalue weighted by Gasteiger charge is 2.35. The van der Waals surface area contributed by atoms with Gasteiger partial charge in [-0.1, -0.05) is 108 Å². The molecular weight excluding hydrogens is 688 g/mol. The Morgan fingerprint density at radius 2 is 1.39 bits per heavy atom. The lowest BCUT2D eigenvalue weighted by Crippen LogP contribution is -2.54. The average molecular weight is 722 g/mol. The Morgan fingerprint density at radius 3 is 1.98 bits per heavy atom. The molecule has 0 aliphatic carbocycles. The van der Waals surface area contributed by atoms with Crippen LogP contribution in [0, 0.1) is 0 Å². The van der Waals surface area contributed by atoms with Crippen molar-refractivity contribution in [3.63, 3.8) is 0 Å². The first-order valence-corrected chi connectivity index (χ1v) is 17.5. The molecule has 0 saturated carbocycles. The molecule has 0 bridgehead atoms. The summed E-state index contributed by atoms with van der Waals surface area (Å²) in [4.78, 5) is 29.8. The third-order valence-electron chi connectivity index (χ3n) is 7.35. The van der Waals surface area contributed by atoms with Crippen LogP contribution in [0.5, 0.6) is 0 Å². The second-order valence-electron chi connectivity index (χ2n) is 10.7. The molecule has 0 aromatic heterocycles. The lowest BCUT2D eigenvalue weighted by Gasteiger charge is -2.34. The molecule has 7 nitrogen and oxygen atoms in total. The molecule has 0 fully saturated rings. The average Bonchev–Trinajstić information content (AvgIpc) is 3.03. The summed E-state index contributed by atoms with van der Waals surface area (Å²) >= 11 is 25.1. The smallest absolute Gasteiger partial charge is 0.264 e. The highest BCUT2D eigenvalue weighted by Crippen LogP contribution is 2.31. The van der Waals surface area contributed by atoms with Crippen molar-refractivity contribution in [1.82, 2.24) is 10.2 Å². The van der Waals surface area contributed by atoms with Crippen molar-refractivity contribution in [1.29, 1.82) is 0 Å².